The molecule has 0 unspecified atom stereocenters. The molecule has 5 nitrogen and oxygen atoms in total. The summed E-state index contributed by atoms with van der Waals surface area (Å²) in [5, 5.41) is 2.96. The Hall–Kier alpha value is -2.60. The van der Waals surface area contributed by atoms with Crippen molar-refractivity contribution in [3.63, 3.8) is 0 Å². The van der Waals surface area contributed by atoms with Gasteiger partial charge in [-0.3, -0.25) is 9.10 Å². The zero-order valence-electron chi connectivity index (χ0n) is 16.8. The molecule has 6 heteroatoms. The van der Waals surface area contributed by atoms with E-state index in [1.165, 1.54) is 29.0 Å². The van der Waals surface area contributed by atoms with Crippen molar-refractivity contribution < 1.29 is 13.2 Å². The van der Waals surface area contributed by atoms with Crippen LogP contribution in [0, 0.1) is 0 Å². The van der Waals surface area contributed by atoms with Crippen LogP contribution in [0.3, 0.4) is 0 Å². The highest BCUT2D eigenvalue weighted by Gasteiger charge is 2.23. The maximum atomic E-state index is 12.8. The number of nitrogens with one attached hydrogen (secondary N) is 1. The lowest BCUT2D eigenvalue weighted by Gasteiger charge is -2.25. The molecule has 154 valence electrons. The summed E-state index contributed by atoms with van der Waals surface area (Å²) in [6.45, 7) is 0.730. The molecule has 1 amide bonds. The van der Waals surface area contributed by atoms with Gasteiger partial charge in [-0.25, -0.2) is 8.42 Å². The summed E-state index contributed by atoms with van der Waals surface area (Å²) < 4.78 is 26.3. The number of amides is 1. The van der Waals surface area contributed by atoms with Crippen LogP contribution in [-0.2, 0) is 16.6 Å². The Kier molecular flexibility index (Phi) is 7.09. The van der Waals surface area contributed by atoms with Crippen LogP contribution in [0.25, 0.3) is 0 Å². The summed E-state index contributed by atoms with van der Waals surface area (Å²) in [7, 11) is -3.57. The first-order chi connectivity index (χ1) is 13.9. The second-order valence-electron chi connectivity index (χ2n) is 7.39. The SMILES string of the molecule is CS(=O)(=O)N(Cc1ccccc1)c1ccccc1C(=O)NCCC1=CCCCC1. The van der Waals surface area contributed by atoms with Crippen molar-refractivity contribution in [1.29, 1.82) is 0 Å². The van der Waals surface area contributed by atoms with Gasteiger partial charge in [-0.2, -0.15) is 0 Å². The monoisotopic (exact) mass is 412 g/mol. The van der Waals surface area contributed by atoms with E-state index >= 15 is 0 Å². The van der Waals surface area contributed by atoms with Gasteiger partial charge in [0.25, 0.3) is 5.91 Å². The van der Waals surface area contributed by atoms with Gasteiger partial charge in [-0.05, 0) is 49.8 Å². The molecule has 2 aromatic carbocycles. The number of allylic oxidation sites excluding steroid dienone is 1. The Morgan fingerprint density at radius 1 is 1.03 bits per heavy atom. The zero-order valence-corrected chi connectivity index (χ0v) is 17.6. The lowest BCUT2D eigenvalue weighted by molar-refractivity contribution is 0.0954. The normalized spacial score (nSPS) is 14.2. The Bertz CT molecular complexity index is 969. The number of nitrogens with zero attached hydrogens (tertiary/aromatic N) is 1. The number of rotatable bonds is 8. The molecule has 0 fully saturated rings. The van der Waals surface area contributed by atoms with Crippen LogP contribution in [0.2, 0.25) is 0 Å². The van der Waals surface area contributed by atoms with Crippen molar-refractivity contribution in [2.75, 3.05) is 17.1 Å². The Morgan fingerprint density at radius 2 is 1.76 bits per heavy atom. The van der Waals surface area contributed by atoms with Gasteiger partial charge in [0.2, 0.25) is 10.0 Å². The molecule has 0 saturated carbocycles. The third kappa shape index (κ3) is 5.94. The van der Waals surface area contributed by atoms with E-state index in [4.69, 9.17) is 0 Å². The average molecular weight is 413 g/mol. The van der Waals surface area contributed by atoms with Gasteiger partial charge in [0, 0.05) is 6.54 Å². The van der Waals surface area contributed by atoms with Crippen molar-refractivity contribution in [2.24, 2.45) is 0 Å². The second kappa shape index (κ2) is 9.74. The first kappa shape index (κ1) is 21.1. The van der Waals surface area contributed by atoms with Crippen LogP contribution in [0.5, 0.6) is 0 Å². The molecule has 3 rings (SSSR count). The molecule has 0 saturated heterocycles. The van der Waals surface area contributed by atoms with Gasteiger partial charge in [0.15, 0.2) is 0 Å². The minimum absolute atomic E-state index is 0.177. The summed E-state index contributed by atoms with van der Waals surface area (Å²) in [6, 6.07) is 16.2. The molecule has 2 aromatic rings. The van der Waals surface area contributed by atoms with Crippen molar-refractivity contribution in [1.82, 2.24) is 5.32 Å². The number of benzene rings is 2. The van der Waals surface area contributed by atoms with E-state index in [0.29, 0.717) is 17.8 Å². The van der Waals surface area contributed by atoms with E-state index < -0.39 is 10.0 Å². The van der Waals surface area contributed by atoms with Crippen LogP contribution >= 0.6 is 0 Å². The first-order valence-corrected chi connectivity index (χ1v) is 11.9. The van der Waals surface area contributed by atoms with E-state index in [1.54, 1.807) is 24.3 Å². The number of carbonyl (C=O) groups excluding carboxylic acids is 1. The molecule has 0 aliphatic heterocycles. The highest BCUT2D eigenvalue weighted by atomic mass is 32.2. The molecular weight excluding hydrogens is 384 g/mol. The van der Waals surface area contributed by atoms with E-state index in [2.05, 4.69) is 11.4 Å². The van der Waals surface area contributed by atoms with E-state index in [1.807, 2.05) is 30.3 Å². The largest absolute Gasteiger partial charge is 0.352 e. The minimum atomic E-state index is -3.57. The molecule has 0 bridgehead atoms. The van der Waals surface area contributed by atoms with Crippen molar-refractivity contribution >= 4 is 21.6 Å². The molecule has 0 heterocycles. The molecule has 0 atom stereocenters. The van der Waals surface area contributed by atoms with Crippen molar-refractivity contribution in [2.45, 2.75) is 38.6 Å². The van der Waals surface area contributed by atoms with Crippen LogP contribution in [-0.4, -0.2) is 27.1 Å². The summed E-state index contributed by atoms with van der Waals surface area (Å²) in [5.74, 6) is -0.251. The van der Waals surface area contributed by atoms with Crippen molar-refractivity contribution in [3.8, 4) is 0 Å². The fraction of sp³-hybridized carbons (Fsp3) is 0.348. The van der Waals surface area contributed by atoms with Gasteiger partial charge in [-0.1, -0.05) is 54.1 Å². The highest BCUT2D eigenvalue weighted by Crippen LogP contribution is 2.25. The number of sulfonamides is 1. The molecule has 29 heavy (non-hydrogen) atoms. The Balaban J connectivity index is 1.78. The minimum Gasteiger partial charge on any atom is -0.352 e. The van der Waals surface area contributed by atoms with Crippen LogP contribution in [0.4, 0.5) is 5.69 Å². The van der Waals surface area contributed by atoms with Gasteiger partial charge in [0.05, 0.1) is 24.1 Å². The van der Waals surface area contributed by atoms with Gasteiger partial charge < -0.3 is 5.32 Å². The van der Waals surface area contributed by atoms with E-state index in [9.17, 15) is 13.2 Å². The maximum Gasteiger partial charge on any atom is 0.253 e. The highest BCUT2D eigenvalue weighted by molar-refractivity contribution is 7.92. The number of para-hydroxylation sites is 1. The molecule has 0 spiro atoms. The smallest absolute Gasteiger partial charge is 0.253 e. The molecule has 1 N–H and O–H groups in total. The predicted molar refractivity (Wildman–Crippen MR) is 117 cm³/mol. The number of hydrogen-bond donors (Lipinski definition) is 1. The maximum absolute atomic E-state index is 12.8. The quantitative estimate of drug-likeness (QED) is 0.659. The third-order valence-corrected chi connectivity index (χ3v) is 6.23. The van der Waals surface area contributed by atoms with Crippen LogP contribution in [0.1, 0.15) is 48.0 Å². The third-order valence-electron chi connectivity index (χ3n) is 5.10. The lowest BCUT2D eigenvalue weighted by Crippen LogP contribution is -2.33. The molecule has 1 aliphatic carbocycles. The van der Waals surface area contributed by atoms with Gasteiger partial charge in [0.1, 0.15) is 0 Å². The van der Waals surface area contributed by atoms with Gasteiger partial charge >= 0.3 is 0 Å². The summed E-state index contributed by atoms with van der Waals surface area (Å²) >= 11 is 0. The molecule has 0 aromatic heterocycles. The van der Waals surface area contributed by atoms with Crippen molar-refractivity contribution in [3.05, 3.63) is 77.4 Å². The summed E-state index contributed by atoms with van der Waals surface area (Å²) in [5.41, 5.74) is 3.02. The summed E-state index contributed by atoms with van der Waals surface area (Å²) in [6.07, 6.45) is 8.96. The second-order valence-corrected chi connectivity index (χ2v) is 9.29. The fourth-order valence-corrected chi connectivity index (χ4v) is 4.48. The van der Waals surface area contributed by atoms with E-state index in [0.717, 1.165) is 24.8 Å². The number of anilines is 1. The van der Waals surface area contributed by atoms with Crippen LogP contribution in [0.15, 0.2) is 66.2 Å². The lowest BCUT2D eigenvalue weighted by atomic mass is 9.97. The first-order valence-electron chi connectivity index (χ1n) is 10.0. The topological polar surface area (TPSA) is 66.5 Å². The standard InChI is InChI=1S/C23H28N2O3S/c1-29(27,28)25(18-20-12-6-3-7-13-20)22-15-9-8-14-21(22)23(26)24-17-16-19-10-4-2-5-11-19/h3,6-10,12-15H,2,4-5,11,16-18H2,1H3,(H,24,26). The summed E-state index contributed by atoms with van der Waals surface area (Å²) in [4.78, 5) is 12.8. The predicted octanol–water partition coefficient (Wildman–Crippen LogP) is 4.27. The number of carbonyl (C=O) groups is 1. The average Bonchev–Trinajstić information content (AvgIpc) is 2.73. The molecule has 0 radical (unpaired) electrons. The van der Waals surface area contributed by atoms with E-state index in [-0.39, 0.29) is 12.5 Å². The zero-order chi connectivity index (χ0) is 20.7. The Morgan fingerprint density at radius 3 is 2.45 bits per heavy atom. The van der Waals surface area contributed by atoms with Gasteiger partial charge in [-0.15, -0.1) is 0 Å². The molecule has 1 aliphatic rings. The molecular formula is C23H28N2O3S. The number of hydrogen-bond acceptors (Lipinski definition) is 3. The Labute approximate surface area is 173 Å². The fourth-order valence-electron chi connectivity index (χ4n) is 3.58. The van der Waals surface area contributed by atoms with Crippen LogP contribution < -0.4 is 9.62 Å².